The monoisotopic (exact) mass is 159 g/mol. The molecule has 0 saturated carbocycles. The molecule has 0 fully saturated rings. The number of rotatable bonds is 2. The Morgan fingerprint density at radius 3 is 2.50 bits per heavy atom. The minimum atomic E-state index is 0.467. The van der Waals surface area contributed by atoms with Crippen molar-refractivity contribution in [2.75, 3.05) is 6.54 Å². The van der Waals surface area contributed by atoms with Crippen molar-refractivity contribution in [3.8, 4) is 11.8 Å². The Labute approximate surface area is 73.6 Å². The number of hydrogen-bond acceptors (Lipinski definition) is 1. The van der Waals surface area contributed by atoms with Crippen LogP contribution >= 0.6 is 0 Å². The van der Waals surface area contributed by atoms with Gasteiger partial charge in [-0.3, -0.25) is 0 Å². The molecule has 0 unspecified atom stereocenters. The standard InChI is InChI=1S/C11H13N/c12-10-6-2-5-9-11-7-3-1-4-8-11/h1,3-4,7-8H,5,9-10,12H2. The fourth-order valence-corrected chi connectivity index (χ4v) is 1.01. The van der Waals surface area contributed by atoms with E-state index in [0.29, 0.717) is 6.54 Å². The number of benzene rings is 1. The van der Waals surface area contributed by atoms with Gasteiger partial charge in [0.2, 0.25) is 0 Å². The van der Waals surface area contributed by atoms with E-state index in [1.165, 1.54) is 5.56 Å². The summed E-state index contributed by atoms with van der Waals surface area (Å²) < 4.78 is 0. The lowest BCUT2D eigenvalue weighted by atomic mass is 10.1. The SMILES string of the molecule is NCC#CCCc1ccccc1. The van der Waals surface area contributed by atoms with E-state index in [1.807, 2.05) is 18.2 Å². The first-order valence-electron chi connectivity index (χ1n) is 4.13. The lowest BCUT2D eigenvalue weighted by Gasteiger charge is -1.94. The highest BCUT2D eigenvalue weighted by atomic mass is 14.5. The van der Waals surface area contributed by atoms with Crippen LogP contribution in [0, 0.1) is 11.8 Å². The van der Waals surface area contributed by atoms with Crippen LogP contribution < -0.4 is 5.73 Å². The normalized spacial score (nSPS) is 8.75. The Morgan fingerprint density at radius 1 is 1.08 bits per heavy atom. The molecule has 0 aromatic heterocycles. The molecule has 1 heteroatoms. The second-order valence-electron chi connectivity index (χ2n) is 2.54. The first-order chi connectivity index (χ1) is 5.93. The number of hydrogen-bond donors (Lipinski definition) is 1. The van der Waals surface area contributed by atoms with Gasteiger partial charge in [-0.25, -0.2) is 0 Å². The minimum absolute atomic E-state index is 0.467. The molecule has 0 spiro atoms. The summed E-state index contributed by atoms with van der Waals surface area (Å²) >= 11 is 0. The highest BCUT2D eigenvalue weighted by molar-refractivity contribution is 5.16. The maximum absolute atomic E-state index is 5.23. The van der Waals surface area contributed by atoms with E-state index in [-0.39, 0.29) is 0 Å². The van der Waals surface area contributed by atoms with Crippen LogP contribution in [0.4, 0.5) is 0 Å². The van der Waals surface area contributed by atoms with Crippen molar-refractivity contribution in [3.05, 3.63) is 35.9 Å². The first kappa shape index (κ1) is 8.83. The van der Waals surface area contributed by atoms with E-state index in [0.717, 1.165) is 12.8 Å². The summed E-state index contributed by atoms with van der Waals surface area (Å²) in [4.78, 5) is 0. The molecule has 1 nitrogen and oxygen atoms in total. The summed E-state index contributed by atoms with van der Waals surface area (Å²) in [5, 5.41) is 0. The zero-order valence-electron chi connectivity index (χ0n) is 7.09. The van der Waals surface area contributed by atoms with Crippen LogP contribution in [0.15, 0.2) is 30.3 Å². The van der Waals surface area contributed by atoms with Crippen molar-refractivity contribution < 1.29 is 0 Å². The average Bonchev–Trinajstić information content (AvgIpc) is 2.14. The van der Waals surface area contributed by atoms with E-state index < -0.39 is 0 Å². The molecule has 0 heterocycles. The second-order valence-corrected chi connectivity index (χ2v) is 2.54. The van der Waals surface area contributed by atoms with Gasteiger partial charge in [0, 0.05) is 6.42 Å². The Bertz CT molecular complexity index is 266. The average molecular weight is 159 g/mol. The fraction of sp³-hybridized carbons (Fsp3) is 0.273. The van der Waals surface area contributed by atoms with Crippen LogP contribution in [-0.2, 0) is 6.42 Å². The Morgan fingerprint density at radius 2 is 1.83 bits per heavy atom. The topological polar surface area (TPSA) is 26.0 Å². The lowest BCUT2D eigenvalue weighted by Crippen LogP contribution is -1.93. The molecule has 0 atom stereocenters. The number of aryl methyl sites for hydroxylation is 1. The Hall–Kier alpha value is -1.26. The van der Waals surface area contributed by atoms with Gasteiger partial charge in [-0.1, -0.05) is 36.3 Å². The Balaban J connectivity index is 2.34. The van der Waals surface area contributed by atoms with Crippen LogP contribution in [-0.4, -0.2) is 6.54 Å². The number of nitrogens with two attached hydrogens (primary N) is 1. The minimum Gasteiger partial charge on any atom is -0.320 e. The van der Waals surface area contributed by atoms with Crippen molar-refractivity contribution in [2.45, 2.75) is 12.8 Å². The molecule has 0 radical (unpaired) electrons. The third-order valence-electron chi connectivity index (χ3n) is 1.61. The summed E-state index contributed by atoms with van der Waals surface area (Å²) in [5.74, 6) is 5.85. The van der Waals surface area contributed by atoms with E-state index in [2.05, 4.69) is 24.0 Å². The molecule has 1 aromatic rings. The van der Waals surface area contributed by atoms with Crippen molar-refractivity contribution in [3.63, 3.8) is 0 Å². The highest BCUT2D eigenvalue weighted by Crippen LogP contribution is 2.00. The van der Waals surface area contributed by atoms with Crippen LogP contribution in [0.2, 0.25) is 0 Å². The van der Waals surface area contributed by atoms with Crippen molar-refractivity contribution in [1.29, 1.82) is 0 Å². The van der Waals surface area contributed by atoms with E-state index in [1.54, 1.807) is 0 Å². The molecule has 0 aliphatic heterocycles. The van der Waals surface area contributed by atoms with E-state index in [9.17, 15) is 0 Å². The van der Waals surface area contributed by atoms with Gasteiger partial charge in [-0.15, -0.1) is 5.92 Å². The lowest BCUT2D eigenvalue weighted by molar-refractivity contribution is 1.03. The predicted molar refractivity (Wildman–Crippen MR) is 51.6 cm³/mol. The third-order valence-corrected chi connectivity index (χ3v) is 1.61. The molecule has 2 N–H and O–H groups in total. The van der Waals surface area contributed by atoms with Gasteiger partial charge in [-0.05, 0) is 12.0 Å². The van der Waals surface area contributed by atoms with Gasteiger partial charge in [0.05, 0.1) is 6.54 Å². The summed E-state index contributed by atoms with van der Waals surface area (Å²) in [6, 6.07) is 10.3. The van der Waals surface area contributed by atoms with Gasteiger partial charge in [0.1, 0.15) is 0 Å². The zero-order chi connectivity index (χ0) is 8.65. The largest absolute Gasteiger partial charge is 0.320 e. The predicted octanol–water partition coefficient (Wildman–Crippen LogP) is 1.58. The molecule has 0 aliphatic rings. The quantitative estimate of drug-likeness (QED) is 0.651. The van der Waals surface area contributed by atoms with Crippen molar-refractivity contribution in [1.82, 2.24) is 0 Å². The van der Waals surface area contributed by atoms with E-state index >= 15 is 0 Å². The van der Waals surface area contributed by atoms with Gasteiger partial charge in [-0.2, -0.15) is 0 Å². The van der Waals surface area contributed by atoms with Crippen molar-refractivity contribution in [2.24, 2.45) is 5.73 Å². The fourth-order valence-electron chi connectivity index (χ4n) is 1.01. The van der Waals surface area contributed by atoms with Crippen LogP contribution in [0.1, 0.15) is 12.0 Å². The Kier molecular flexibility index (Phi) is 3.97. The molecule has 1 rings (SSSR count). The van der Waals surface area contributed by atoms with Gasteiger partial charge < -0.3 is 5.73 Å². The molecule has 1 aromatic carbocycles. The van der Waals surface area contributed by atoms with E-state index in [4.69, 9.17) is 5.73 Å². The second kappa shape index (κ2) is 5.40. The zero-order valence-corrected chi connectivity index (χ0v) is 7.09. The summed E-state index contributed by atoms with van der Waals surface area (Å²) in [7, 11) is 0. The molecule has 62 valence electrons. The molecule has 12 heavy (non-hydrogen) atoms. The van der Waals surface area contributed by atoms with Gasteiger partial charge in [0.15, 0.2) is 0 Å². The smallest absolute Gasteiger partial charge is 0.0551 e. The molecule has 0 aliphatic carbocycles. The molecular weight excluding hydrogens is 146 g/mol. The maximum Gasteiger partial charge on any atom is 0.0551 e. The molecule has 0 saturated heterocycles. The summed E-state index contributed by atoms with van der Waals surface area (Å²) in [6.07, 6.45) is 1.93. The maximum atomic E-state index is 5.23. The van der Waals surface area contributed by atoms with Gasteiger partial charge in [0.25, 0.3) is 0 Å². The molecule has 0 bridgehead atoms. The molecule has 0 amide bonds. The van der Waals surface area contributed by atoms with Crippen LogP contribution in [0.5, 0.6) is 0 Å². The first-order valence-corrected chi connectivity index (χ1v) is 4.13. The highest BCUT2D eigenvalue weighted by Gasteiger charge is 1.86. The molecular formula is C11H13N. The van der Waals surface area contributed by atoms with Crippen LogP contribution in [0.25, 0.3) is 0 Å². The third kappa shape index (κ3) is 3.23. The van der Waals surface area contributed by atoms with Crippen molar-refractivity contribution >= 4 is 0 Å². The van der Waals surface area contributed by atoms with Gasteiger partial charge >= 0.3 is 0 Å². The summed E-state index contributed by atoms with van der Waals surface area (Å²) in [5.41, 5.74) is 6.57. The summed E-state index contributed by atoms with van der Waals surface area (Å²) in [6.45, 7) is 0.467. The van der Waals surface area contributed by atoms with Crippen LogP contribution in [0.3, 0.4) is 0 Å².